The Kier molecular flexibility index (Phi) is 5.07. The molecule has 0 saturated carbocycles. The third-order valence-corrected chi connectivity index (χ3v) is 6.00. The molecular weight excluding hydrogens is 340 g/mol. The van der Waals surface area contributed by atoms with E-state index in [1.807, 2.05) is 11.8 Å². The van der Waals surface area contributed by atoms with Gasteiger partial charge < -0.3 is 4.90 Å². The van der Waals surface area contributed by atoms with Crippen LogP contribution in [0.25, 0.3) is 10.2 Å². The molecule has 24 heavy (non-hydrogen) atoms. The van der Waals surface area contributed by atoms with Crippen LogP contribution in [0.3, 0.4) is 0 Å². The number of fused-ring (bicyclic) bond motifs is 1. The number of nitrogens with two attached hydrogens (primary N) is 2. The summed E-state index contributed by atoms with van der Waals surface area (Å²) in [5.41, 5.74) is 7.86. The lowest BCUT2D eigenvalue weighted by Gasteiger charge is -2.38. The molecule has 3 rings (SSSR count). The fraction of sp³-hybridized carbons (Fsp3) is 0.438. The van der Waals surface area contributed by atoms with Gasteiger partial charge in [-0.05, 0) is 31.5 Å². The van der Waals surface area contributed by atoms with Crippen LogP contribution in [-0.4, -0.2) is 51.3 Å². The first-order valence-corrected chi connectivity index (χ1v) is 9.57. The van der Waals surface area contributed by atoms with E-state index < -0.39 is 0 Å². The molecule has 5 N–H and O–H groups in total. The Balaban J connectivity index is 1.64. The van der Waals surface area contributed by atoms with Crippen molar-refractivity contribution < 1.29 is 5.41 Å². The van der Waals surface area contributed by atoms with E-state index in [0.717, 1.165) is 48.5 Å². The minimum absolute atomic E-state index is 0.225. The van der Waals surface area contributed by atoms with Crippen LogP contribution in [0.1, 0.15) is 23.5 Å². The second kappa shape index (κ2) is 7.08. The van der Waals surface area contributed by atoms with Crippen molar-refractivity contribution in [1.82, 2.24) is 14.8 Å². The molecule has 128 valence electrons. The lowest BCUT2D eigenvalue weighted by Crippen LogP contribution is -2.50. The molecular formula is C16H23N6S2+. The van der Waals surface area contributed by atoms with Crippen LogP contribution in [0.5, 0.6) is 0 Å². The molecule has 2 heterocycles. The summed E-state index contributed by atoms with van der Waals surface area (Å²) in [6.45, 7) is 7.77. The van der Waals surface area contributed by atoms with E-state index in [0.29, 0.717) is 11.2 Å². The molecule has 1 atom stereocenters. The molecule has 2 aromatic rings. The van der Waals surface area contributed by atoms with E-state index >= 15 is 0 Å². The molecule has 6 nitrogen and oxygen atoms in total. The number of nitrogens with one attached hydrogen (secondary N) is 1. The summed E-state index contributed by atoms with van der Waals surface area (Å²) in [5.74, 6) is 0. The molecule has 1 unspecified atom stereocenters. The highest BCUT2D eigenvalue weighted by molar-refractivity contribution is 8.26. The van der Waals surface area contributed by atoms with Crippen molar-refractivity contribution in [3.8, 4) is 0 Å². The van der Waals surface area contributed by atoms with Gasteiger partial charge in [0.2, 0.25) is 0 Å². The van der Waals surface area contributed by atoms with E-state index in [-0.39, 0.29) is 5.17 Å². The zero-order chi connectivity index (χ0) is 17.3. The molecule has 0 bridgehead atoms. The number of rotatable bonds is 2. The third kappa shape index (κ3) is 3.71. The first-order chi connectivity index (χ1) is 11.4. The highest BCUT2D eigenvalue weighted by Crippen LogP contribution is 2.28. The van der Waals surface area contributed by atoms with Crippen LogP contribution in [0.15, 0.2) is 18.2 Å². The van der Waals surface area contributed by atoms with Crippen LogP contribution >= 0.6 is 23.1 Å². The van der Waals surface area contributed by atoms with Crippen LogP contribution in [-0.2, 0) is 0 Å². The molecule has 1 aliphatic rings. The average molecular weight is 364 g/mol. The number of aromatic nitrogens is 1. The summed E-state index contributed by atoms with van der Waals surface area (Å²) in [4.78, 5) is 9.08. The van der Waals surface area contributed by atoms with Gasteiger partial charge in [0.05, 0.1) is 15.2 Å². The monoisotopic (exact) mass is 363 g/mol. The maximum Gasteiger partial charge on any atom is 0.307 e. The van der Waals surface area contributed by atoms with E-state index in [9.17, 15) is 0 Å². The number of hydrogen-bond donors (Lipinski definition) is 3. The minimum atomic E-state index is 0.225. The van der Waals surface area contributed by atoms with E-state index in [4.69, 9.17) is 16.6 Å². The lowest BCUT2D eigenvalue weighted by molar-refractivity contribution is -0.109. The quantitative estimate of drug-likeness (QED) is 0.547. The number of thiazole rings is 1. The summed E-state index contributed by atoms with van der Waals surface area (Å²) in [6.07, 6.45) is 0. The van der Waals surface area contributed by atoms with Gasteiger partial charge in [-0.15, -0.1) is 11.3 Å². The first kappa shape index (κ1) is 17.2. The maximum atomic E-state index is 8.03. The summed E-state index contributed by atoms with van der Waals surface area (Å²) < 4.78 is 1.24. The zero-order valence-electron chi connectivity index (χ0n) is 14.0. The van der Waals surface area contributed by atoms with Gasteiger partial charge in [0.15, 0.2) is 5.17 Å². The Bertz CT molecular complexity index is 763. The number of aryl methyl sites for hydroxylation is 1. The molecule has 1 aromatic carbocycles. The van der Waals surface area contributed by atoms with Crippen molar-refractivity contribution in [2.24, 2.45) is 5.73 Å². The second-order valence-electron chi connectivity index (χ2n) is 5.97. The molecule has 0 aliphatic carbocycles. The second-order valence-corrected chi connectivity index (χ2v) is 8.27. The smallest absolute Gasteiger partial charge is 0.307 e. The van der Waals surface area contributed by atoms with Gasteiger partial charge in [-0.2, -0.15) is 0 Å². The Labute approximate surface area is 150 Å². The Hall–Kier alpha value is -1.64. The normalized spacial score (nSPS) is 17.2. The van der Waals surface area contributed by atoms with Crippen LogP contribution in [0.4, 0.5) is 0 Å². The molecule has 0 amide bonds. The topological polar surface area (TPSA) is 94.8 Å². The molecule has 1 saturated heterocycles. The fourth-order valence-electron chi connectivity index (χ4n) is 3.02. The Morgan fingerprint density at radius 1 is 1.38 bits per heavy atom. The highest BCUT2D eigenvalue weighted by Gasteiger charge is 2.24. The van der Waals surface area contributed by atoms with Gasteiger partial charge in [-0.3, -0.25) is 21.5 Å². The predicted octanol–water partition coefficient (Wildman–Crippen LogP) is 1.03. The third-order valence-electron chi connectivity index (χ3n) is 4.36. The summed E-state index contributed by atoms with van der Waals surface area (Å²) in [7, 11) is 0. The van der Waals surface area contributed by atoms with Gasteiger partial charge in [-0.25, -0.2) is 4.98 Å². The van der Waals surface area contributed by atoms with Crippen LogP contribution in [0, 0.1) is 12.3 Å². The van der Waals surface area contributed by atoms with Crippen molar-refractivity contribution in [2.45, 2.75) is 19.9 Å². The molecule has 1 aliphatic heterocycles. The van der Waals surface area contributed by atoms with Crippen molar-refractivity contribution >= 4 is 43.7 Å². The van der Waals surface area contributed by atoms with E-state index in [2.05, 4.69) is 35.0 Å². The van der Waals surface area contributed by atoms with Crippen LogP contribution < -0.4 is 11.1 Å². The van der Waals surface area contributed by atoms with Crippen molar-refractivity contribution in [3.05, 3.63) is 28.8 Å². The standard InChI is InChI=1S/C16H22N6S2/c1-10(12-3-4-14-13(9-12)20-11(2)23-14)21-5-7-22(8-6-21)16(19)24-15(17)18/h3-4,9-10,19H,5-8H2,1-2H3,(H3,17,18)/p+1. The van der Waals surface area contributed by atoms with E-state index in [1.54, 1.807) is 11.3 Å². The number of amidine groups is 2. The number of benzene rings is 1. The van der Waals surface area contributed by atoms with Crippen molar-refractivity contribution in [3.63, 3.8) is 0 Å². The van der Waals surface area contributed by atoms with E-state index in [1.165, 1.54) is 10.3 Å². The summed E-state index contributed by atoms with van der Waals surface area (Å²) >= 11 is 2.86. The molecule has 1 fully saturated rings. The average Bonchev–Trinajstić information content (AvgIpc) is 2.92. The molecule has 0 spiro atoms. The largest absolute Gasteiger partial charge is 0.349 e. The number of nitrogens with zero attached hydrogens (tertiary/aromatic N) is 3. The van der Waals surface area contributed by atoms with Gasteiger partial charge in [0, 0.05) is 44.0 Å². The Morgan fingerprint density at radius 3 is 2.75 bits per heavy atom. The van der Waals surface area contributed by atoms with Gasteiger partial charge in [-0.1, -0.05) is 6.07 Å². The minimum Gasteiger partial charge on any atom is -0.349 e. The van der Waals surface area contributed by atoms with Crippen LogP contribution in [0.2, 0.25) is 0 Å². The number of hydrogen-bond acceptors (Lipinski definition) is 5. The highest BCUT2D eigenvalue weighted by atomic mass is 32.2. The first-order valence-electron chi connectivity index (χ1n) is 7.94. The summed E-state index contributed by atoms with van der Waals surface area (Å²) in [6, 6.07) is 6.93. The predicted molar refractivity (Wildman–Crippen MR) is 102 cm³/mol. The Morgan fingerprint density at radius 2 is 2.08 bits per heavy atom. The van der Waals surface area contributed by atoms with Gasteiger partial charge >= 0.3 is 5.17 Å². The molecule has 0 radical (unpaired) electrons. The fourth-order valence-corrected chi connectivity index (χ4v) is 4.36. The van der Waals surface area contributed by atoms with Crippen molar-refractivity contribution in [1.29, 1.82) is 5.41 Å². The lowest BCUT2D eigenvalue weighted by atomic mass is 10.1. The maximum absolute atomic E-state index is 8.03. The number of piperazine rings is 1. The van der Waals surface area contributed by atoms with Crippen molar-refractivity contribution in [2.75, 3.05) is 26.2 Å². The molecule has 8 heteroatoms. The molecule has 1 aromatic heterocycles. The van der Waals surface area contributed by atoms with Gasteiger partial charge in [0.1, 0.15) is 0 Å². The summed E-state index contributed by atoms with van der Waals surface area (Å²) in [5, 5.41) is 15.3. The SMILES string of the molecule is Cc1nc2cc(C(C)N3CCN(C(=N)SC(N)=[NH2+])CC3)ccc2s1. The number of thioether (sulfide) groups is 1. The zero-order valence-corrected chi connectivity index (χ0v) is 15.6. The van der Waals surface area contributed by atoms with Gasteiger partial charge in [0.25, 0.3) is 0 Å².